The molecular weight excluding hydrogens is 404 g/mol. The highest BCUT2D eigenvalue weighted by Gasteiger charge is 2.24. The number of methoxy groups -OCH3 is 2. The van der Waals surface area contributed by atoms with Crippen LogP contribution >= 0.6 is 0 Å². The van der Waals surface area contributed by atoms with Crippen LogP contribution in [0.1, 0.15) is 15.9 Å². The monoisotopic (exact) mass is 424 g/mol. The fourth-order valence-corrected chi connectivity index (χ4v) is 2.67. The fraction of sp³-hybridized carbons (Fsp3) is 0.150. The second-order valence-electron chi connectivity index (χ2n) is 6.31. The van der Waals surface area contributed by atoms with Gasteiger partial charge in [0.05, 0.1) is 24.8 Å². The van der Waals surface area contributed by atoms with Crippen LogP contribution in [0.15, 0.2) is 48.8 Å². The third kappa shape index (κ3) is 4.96. The molecule has 0 bridgehead atoms. The lowest BCUT2D eigenvalue weighted by molar-refractivity contribution is -0.383. The zero-order valence-electron chi connectivity index (χ0n) is 17.0. The van der Waals surface area contributed by atoms with Crippen molar-refractivity contribution in [1.29, 1.82) is 0 Å². The first-order valence-electron chi connectivity index (χ1n) is 9.04. The smallest absolute Gasteiger partial charge is 0.355 e. The summed E-state index contributed by atoms with van der Waals surface area (Å²) in [6, 6.07) is 11.8. The summed E-state index contributed by atoms with van der Waals surface area (Å²) in [5.74, 6) is 0.181. The minimum atomic E-state index is -0.657. The number of hydrazine groups is 1. The summed E-state index contributed by atoms with van der Waals surface area (Å²) >= 11 is 0. The number of nitro groups is 1. The molecule has 0 aliphatic rings. The van der Waals surface area contributed by atoms with Crippen molar-refractivity contribution in [3.63, 3.8) is 0 Å². The lowest BCUT2D eigenvalue weighted by atomic mass is 10.1. The van der Waals surface area contributed by atoms with Crippen molar-refractivity contribution in [2.45, 2.75) is 6.92 Å². The molecule has 3 aromatic rings. The maximum atomic E-state index is 12.3. The van der Waals surface area contributed by atoms with E-state index >= 15 is 0 Å². The number of aromatic nitrogens is 2. The van der Waals surface area contributed by atoms with E-state index in [4.69, 9.17) is 9.47 Å². The number of ether oxygens (including phenoxy) is 2. The molecule has 3 rings (SSSR count). The van der Waals surface area contributed by atoms with E-state index < -0.39 is 16.5 Å². The molecule has 1 aromatic heterocycles. The van der Waals surface area contributed by atoms with Gasteiger partial charge in [-0.15, -0.1) is 0 Å². The van der Waals surface area contributed by atoms with Gasteiger partial charge in [-0.25, -0.2) is 9.97 Å². The highest BCUT2D eigenvalue weighted by Crippen LogP contribution is 2.35. The highest BCUT2D eigenvalue weighted by molar-refractivity contribution is 5.95. The Bertz CT molecular complexity index is 1100. The van der Waals surface area contributed by atoms with E-state index in [1.165, 1.54) is 14.2 Å². The van der Waals surface area contributed by atoms with E-state index in [1.54, 1.807) is 42.5 Å². The van der Waals surface area contributed by atoms with E-state index in [-0.39, 0.29) is 11.6 Å². The maximum Gasteiger partial charge on any atom is 0.355 e. The van der Waals surface area contributed by atoms with Crippen LogP contribution in [0.25, 0.3) is 0 Å². The number of hydrogen-bond donors (Lipinski definition) is 3. The maximum absolute atomic E-state index is 12.3. The first-order valence-corrected chi connectivity index (χ1v) is 9.04. The van der Waals surface area contributed by atoms with Crippen molar-refractivity contribution in [3.8, 4) is 11.5 Å². The quantitative estimate of drug-likeness (QED) is 0.367. The predicted molar refractivity (Wildman–Crippen MR) is 114 cm³/mol. The number of rotatable bonds is 8. The van der Waals surface area contributed by atoms with Crippen molar-refractivity contribution >= 4 is 28.9 Å². The number of hydrogen-bond acceptors (Lipinski definition) is 9. The van der Waals surface area contributed by atoms with Crippen LogP contribution < -0.4 is 25.6 Å². The second kappa shape index (κ2) is 9.39. The molecule has 3 N–H and O–H groups in total. The molecule has 2 aromatic carbocycles. The first kappa shape index (κ1) is 21.3. The van der Waals surface area contributed by atoms with Gasteiger partial charge in [0, 0.05) is 11.6 Å². The van der Waals surface area contributed by atoms with Crippen LogP contribution in [-0.4, -0.2) is 35.0 Å². The minimum absolute atomic E-state index is 0.0985. The molecule has 0 saturated heterocycles. The van der Waals surface area contributed by atoms with Gasteiger partial charge < -0.3 is 14.8 Å². The molecule has 0 aliphatic heterocycles. The number of anilines is 3. The molecule has 0 spiro atoms. The minimum Gasteiger partial charge on any atom is -0.497 e. The Morgan fingerprint density at radius 1 is 1.03 bits per heavy atom. The van der Waals surface area contributed by atoms with E-state index in [1.807, 2.05) is 6.92 Å². The SMILES string of the molecule is COc1ccc(OC)c(Nc2ncnc(NNC(=O)c3ccc(C)cc3)c2[N+](=O)[O-])c1. The Labute approximate surface area is 177 Å². The Morgan fingerprint density at radius 3 is 2.39 bits per heavy atom. The number of aryl methyl sites for hydroxylation is 1. The standard InChI is InChI=1S/C20H20N6O5/c1-12-4-6-13(7-5-12)20(27)25-24-19-17(26(28)29)18(21-11-22-19)23-15-10-14(30-2)8-9-16(15)31-3/h4-11H,1-3H3,(H,25,27)(H2,21,22,23,24). The highest BCUT2D eigenvalue weighted by atomic mass is 16.6. The van der Waals surface area contributed by atoms with Crippen LogP contribution in [0, 0.1) is 17.0 Å². The number of carbonyl (C=O) groups excluding carboxylic acids is 1. The number of benzene rings is 2. The molecule has 11 nitrogen and oxygen atoms in total. The van der Waals surface area contributed by atoms with Crippen molar-refractivity contribution < 1.29 is 19.2 Å². The van der Waals surface area contributed by atoms with E-state index in [9.17, 15) is 14.9 Å². The second-order valence-corrected chi connectivity index (χ2v) is 6.31. The molecule has 11 heteroatoms. The van der Waals surface area contributed by atoms with Crippen LogP contribution in [0.2, 0.25) is 0 Å². The lowest BCUT2D eigenvalue weighted by Crippen LogP contribution is -2.30. The van der Waals surface area contributed by atoms with Crippen molar-refractivity contribution in [1.82, 2.24) is 15.4 Å². The van der Waals surface area contributed by atoms with E-state index in [2.05, 4.69) is 26.1 Å². The van der Waals surface area contributed by atoms with Crippen LogP contribution in [0.4, 0.5) is 23.0 Å². The summed E-state index contributed by atoms with van der Waals surface area (Å²) in [6.07, 6.45) is 1.13. The molecule has 31 heavy (non-hydrogen) atoms. The van der Waals surface area contributed by atoms with Crippen molar-refractivity contribution in [2.24, 2.45) is 0 Å². The molecule has 0 radical (unpaired) electrons. The molecule has 0 saturated carbocycles. The van der Waals surface area contributed by atoms with Gasteiger partial charge in [0.2, 0.25) is 11.6 Å². The zero-order valence-corrected chi connectivity index (χ0v) is 17.0. The Morgan fingerprint density at radius 2 is 1.74 bits per heavy atom. The molecule has 0 fully saturated rings. The van der Waals surface area contributed by atoms with Crippen molar-refractivity contribution in [3.05, 3.63) is 70.0 Å². The topological polar surface area (TPSA) is 141 Å². The predicted octanol–water partition coefficient (Wildman–Crippen LogP) is 3.21. The van der Waals surface area contributed by atoms with Crippen molar-refractivity contribution in [2.75, 3.05) is 25.0 Å². The Kier molecular flexibility index (Phi) is 6.45. The molecule has 0 unspecified atom stereocenters. The largest absolute Gasteiger partial charge is 0.497 e. The zero-order chi connectivity index (χ0) is 22.4. The van der Waals surface area contributed by atoms with E-state index in [0.717, 1.165) is 11.9 Å². The third-order valence-corrected chi connectivity index (χ3v) is 4.27. The number of nitrogens with one attached hydrogen (secondary N) is 3. The molecule has 160 valence electrons. The van der Waals surface area contributed by atoms with Gasteiger partial charge in [-0.05, 0) is 31.2 Å². The van der Waals surface area contributed by atoms with Gasteiger partial charge in [-0.3, -0.25) is 25.8 Å². The van der Waals surface area contributed by atoms with Crippen LogP contribution in [0.5, 0.6) is 11.5 Å². The molecule has 1 heterocycles. The lowest BCUT2D eigenvalue weighted by Gasteiger charge is -2.13. The summed E-state index contributed by atoms with van der Waals surface area (Å²) in [7, 11) is 2.96. The van der Waals surface area contributed by atoms with Crippen LogP contribution in [0.3, 0.4) is 0 Å². The summed E-state index contributed by atoms with van der Waals surface area (Å²) in [5.41, 5.74) is 6.23. The Hall–Kier alpha value is -4.41. The average molecular weight is 424 g/mol. The first-order chi connectivity index (χ1) is 14.9. The Balaban J connectivity index is 1.87. The van der Waals surface area contributed by atoms with Gasteiger partial charge in [0.25, 0.3) is 5.91 Å². The summed E-state index contributed by atoms with van der Waals surface area (Å²) in [5, 5.41) is 14.6. The molecular formula is C20H20N6O5. The normalized spacial score (nSPS) is 10.2. The van der Waals surface area contributed by atoms with Gasteiger partial charge in [-0.1, -0.05) is 17.7 Å². The van der Waals surface area contributed by atoms with Crippen LogP contribution in [-0.2, 0) is 0 Å². The summed E-state index contributed by atoms with van der Waals surface area (Å²) in [6.45, 7) is 1.90. The average Bonchev–Trinajstić information content (AvgIpc) is 2.77. The van der Waals surface area contributed by atoms with Gasteiger partial charge in [0.1, 0.15) is 17.8 Å². The van der Waals surface area contributed by atoms with E-state index in [0.29, 0.717) is 22.7 Å². The number of carbonyl (C=O) groups is 1. The third-order valence-electron chi connectivity index (χ3n) is 4.27. The molecule has 1 amide bonds. The summed E-state index contributed by atoms with van der Waals surface area (Å²) < 4.78 is 10.5. The summed E-state index contributed by atoms with van der Waals surface area (Å²) in [4.78, 5) is 31.2. The molecule has 0 atom stereocenters. The van der Waals surface area contributed by atoms with Gasteiger partial charge in [0.15, 0.2) is 0 Å². The van der Waals surface area contributed by atoms with Gasteiger partial charge >= 0.3 is 5.69 Å². The molecule has 0 aliphatic carbocycles. The number of amides is 1. The fourth-order valence-electron chi connectivity index (χ4n) is 2.67. The van der Waals surface area contributed by atoms with Gasteiger partial charge in [-0.2, -0.15) is 0 Å². The number of nitrogens with zero attached hydrogens (tertiary/aromatic N) is 3.